The third-order valence-corrected chi connectivity index (χ3v) is 3.14. The Balaban J connectivity index is 1.83. The van der Waals surface area contributed by atoms with E-state index in [1.807, 2.05) is 20.8 Å². The van der Waals surface area contributed by atoms with E-state index in [2.05, 4.69) is 20.3 Å². The molecule has 0 amide bonds. The van der Waals surface area contributed by atoms with Crippen LogP contribution in [0.15, 0.2) is 36.9 Å². The lowest BCUT2D eigenvalue weighted by molar-refractivity contribution is 0.104. The van der Waals surface area contributed by atoms with Crippen molar-refractivity contribution in [2.75, 3.05) is 0 Å². The Labute approximate surface area is 127 Å². The fraction of sp³-hybridized carbons (Fsp3) is 0.267. The van der Waals surface area contributed by atoms with Crippen LogP contribution >= 0.6 is 0 Å². The van der Waals surface area contributed by atoms with Crippen LogP contribution in [0.1, 0.15) is 37.0 Å². The van der Waals surface area contributed by atoms with Gasteiger partial charge in [0.05, 0.1) is 17.9 Å². The van der Waals surface area contributed by atoms with E-state index in [1.165, 1.54) is 12.3 Å². The van der Waals surface area contributed by atoms with Gasteiger partial charge in [-0.05, 0) is 39.0 Å². The third kappa shape index (κ3) is 2.65. The average molecular weight is 296 g/mol. The molecule has 0 saturated carbocycles. The van der Waals surface area contributed by atoms with Gasteiger partial charge < -0.3 is 0 Å². The number of hydrogen-bond donors (Lipinski definition) is 0. The summed E-state index contributed by atoms with van der Waals surface area (Å²) in [5.41, 5.74) is 0.953. The highest BCUT2D eigenvalue weighted by atomic mass is 16.1. The van der Waals surface area contributed by atoms with Crippen LogP contribution in [0.5, 0.6) is 0 Å². The zero-order chi connectivity index (χ0) is 15.7. The van der Waals surface area contributed by atoms with Crippen molar-refractivity contribution in [3.63, 3.8) is 0 Å². The average Bonchev–Trinajstić information content (AvgIpc) is 3.11. The summed E-state index contributed by atoms with van der Waals surface area (Å²) in [6, 6.07) is 1.75. The number of aromatic nitrogens is 6. The summed E-state index contributed by atoms with van der Waals surface area (Å²) in [5, 5.41) is 8.09. The molecule has 3 heterocycles. The molecule has 3 rings (SSSR count). The van der Waals surface area contributed by atoms with Gasteiger partial charge in [0.25, 0.3) is 0 Å². The first-order valence-electron chi connectivity index (χ1n) is 6.88. The van der Waals surface area contributed by atoms with Crippen LogP contribution in [0.25, 0.3) is 11.9 Å². The van der Waals surface area contributed by atoms with Crippen LogP contribution in [0.3, 0.4) is 0 Å². The molecule has 3 aromatic heterocycles. The van der Waals surface area contributed by atoms with Crippen molar-refractivity contribution in [1.82, 2.24) is 29.4 Å². The molecule has 0 saturated heterocycles. The molecular formula is C15H16N6O. The first-order chi connectivity index (χ1) is 10.4. The fourth-order valence-corrected chi connectivity index (χ4v) is 1.94. The summed E-state index contributed by atoms with van der Waals surface area (Å²) >= 11 is 0. The fourth-order valence-electron chi connectivity index (χ4n) is 1.94. The highest BCUT2D eigenvalue weighted by Gasteiger charge is 2.14. The number of nitrogens with zero attached hydrogens (tertiary/aromatic N) is 6. The molecule has 7 heteroatoms. The van der Waals surface area contributed by atoms with Crippen LogP contribution in [-0.2, 0) is 5.54 Å². The van der Waals surface area contributed by atoms with Gasteiger partial charge in [0, 0.05) is 12.4 Å². The quantitative estimate of drug-likeness (QED) is 0.545. The maximum absolute atomic E-state index is 12.3. The molecule has 0 fully saturated rings. The molecule has 0 aliphatic carbocycles. The molecule has 112 valence electrons. The van der Waals surface area contributed by atoms with E-state index >= 15 is 0 Å². The highest BCUT2D eigenvalue weighted by molar-refractivity contribution is 6.05. The van der Waals surface area contributed by atoms with Crippen molar-refractivity contribution in [2.24, 2.45) is 0 Å². The van der Waals surface area contributed by atoms with Gasteiger partial charge in [-0.15, -0.1) is 5.10 Å². The maximum Gasteiger partial charge on any atom is 0.234 e. The zero-order valence-electron chi connectivity index (χ0n) is 12.6. The van der Waals surface area contributed by atoms with E-state index in [-0.39, 0.29) is 11.3 Å². The molecule has 22 heavy (non-hydrogen) atoms. The predicted octanol–water partition coefficient (Wildman–Crippen LogP) is 1.97. The molecule has 0 aromatic carbocycles. The number of allylic oxidation sites excluding steroid dienone is 1. The lowest BCUT2D eigenvalue weighted by Crippen LogP contribution is -2.22. The minimum atomic E-state index is -0.161. The van der Waals surface area contributed by atoms with E-state index < -0.39 is 0 Å². The normalized spacial score (nSPS) is 12.3. The van der Waals surface area contributed by atoms with Crippen molar-refractivity contribution in [2.45, 2.75) is 26.3 Å². The van der Waals surface area contributed by atoms with E-state index in [4.69, 9.17) is 0 Å². The molecule has 3 aromatic rings. The molecule has 0 spiro atoms. The van der Waals surface area contributed by atoms with E-state index in [9.17, 15) is 4.79 Å². The largest absolute Gasteiger partial charge is 0.288 e. The smallest absolute Gasteiger partial charge is 0.234 e. The molecule has 0 radical (unpaired) electrons. The van der Waals surface area contributed by atoms with Crippen molar-refractivity contribution < 1.29 is 4.79 Å². The van der Waals surface area contributed by atoms with Crippen molar-refractivity contribution in [1.29, 1.82) is 0 Å². The van der Waals surface area contributed by atoms with Gasteiger partial charge in [0.1, 0.15) is 11.4 Å². The SMILES string of the molecule is CC(C)(C)n1cc(/C=C/C(=O)c2cnc3ncccn23)nn1. The summed E-state index contributed by atoms with van der Waals surface area (Å²) in [6.45, 7) is 6.10. The van der Waals surface area contributed by atoms with E-state index in [0.717, 1.165) is 0 Å². The minimum absolute atomic E-state index is 0.142. The predicted molar refractivity (Wildman–Crippen MR) is 81.4 cm³/mol. The molecule has 0 unspecified atom stereocenters. The number of imidazole rings is 1. The summed E-state index contributed by atoms with van der Waals surface area (Å²) in [4.78, 5) is 20.4. The van der Waals surface area contributed by atoms with Gasteiger partial charge in [-0.3, -0.25) is 9.20 Å². The van der Waals surface area contributed by atoms with E-state index in [0.29, 0.717) is 17.2 Å². The van der Waals surface area contributed by atoms with Crippen LogP contribution in [0.2, 0.25) is 0 Å². The second-order valence-electron chi connectivity index (χ2n) is 5.89. The zero-order valence-corrected chi connectivity index (χ0v) is 12.6. The van der Waals surface area contributed by atoms with Crippen LogP contribution < -0.4 is 0 Å². The number of carbonyl (C=O) groups excluding carboxylic acids is 1. The topological polar surface area (TPSA) is 78.0 Å². The number of carbonyl (C=O) groups is 1. The molecule has 0 bridgehead atoms. The molecule has 0 aliphatic heterocycles. The second-order valence-corrected chi connectivity index (χ2v) is 5.89. The molecular weight excluding hydrogens is 280 g/mol. The number of ketones is 1. The lowest BCUT2D eigenvalue weighted by atomic mass is 10.1. The Bertz CT molecular complexity index is 852. The number of rotatable bonds is 3. The van der Waals surface area contributed by atoms with Crippen LogP contribution in [-0.4, -0.2) is 35.1 Å². The van der Waals surface area contributed by atoms with Crippen molar-refractivity contribution >= 4 is 17.6 Å². The Kier molecular flexibility index (Phi) is 3.32. The summed E-state index contributed by atoms with van der Waals surface area (Å²) in [5.74, 6) is 0.337. The molecule has 0 aliphatic rings. The highest BCUT2D eigenvalue weighted by Crippen LogP contribution is 2.12. The Hall–Kier alpha value is -2.83. The first-order valence-corrected chi connectivity index (χ1v) is 6.88. The Morgan fingerprint density at radius 2 is 2.09 bits per heavy atom. The summed E-state index contributed by atoms with van der Waals surface area (Å²) in [6.07, 6.45) is 9.82. The number of hydrogen-bond acceptors (Lipinski definition) is 5. The molecule has 0 atom stereocenters. The van der Waals surface area contributed by atoms with Crippen LogP contribution in [0, 0.1) is 0 Å². The van der Waals surface area contributed by atoms with Crippen LogP contribution in [0.4, 0.5) is 0 Å². The van der Waals surface area contributed by atoms with E-state index in [1.54, 1.807) is 39.8 Å². The lowest BCUT2D eigenvalue weighted by Gasteiger charge is -2.17. The molecule has 7 nitrogen and oxygen atoms in total. The molecule has 0 N–H and O–H groups in total. The standard InChI is InChI=1S/C15H16N6O/c1-15(2,3)21-10-11(18-19-21)5-6-13(22)12-9-17-14-16-7-4-8-20(12)14/h4-10H,1-3H3/b6-5+. The number of fused-ring (bicyclic) bond motifs is 1. The van der Waals surface area contributed by atoms with Gasteiger partial charge in [-0.25, -0.2) is 14.6 Å². The minimum Gasteiger partial charge on any atom is -0.288 e. The van der Waals surface area contributed by atoms with Gasteiger partial charge in [-0.1, -0.05) is 5.21 Å². The monoisotopic (exact) mass is 296 g/mol. The van der Waals surface area contributed by atoms with Gasteiger partial charge in [0.2, 0.25) is 11.6 Å². The van der Waals surface area contributed by atoms with Crippen molar-refractivity contribution in [3.8, 4) is 0 Å². The van der Waals surface area contributed by atoms with Gasteiger partial charge in [-0.2, -0.15) is 0 Å². The Morgan fingerprint density at radius 3 is 2.82 bits per heavy atom. The van der Waals surface area contributed by atoms with Gasteiger partial charge >= 0.3 is 0 Å². The maximum atomic E-state index is 12.3. The van der Waals surface area contributed by atoms with Crippen molar-refractivity contribution in [3.05, 3.63) is 48.3 Å². The summed E-state index contributed by atoms with van der Waals surface area (Å²) < 4.78 is 3.41. The second kappa shape index (κ2) is 5.18. The third-order valence-electron chi connectivity index (χ3n) is 3.14. The summed E-state index contributed by atoms with van der Waals surface area (Å²) in [7, 11) is 0. The first kappa shape index (κ1) is 14.1. The Morgan fingerprint density at radius 1 is 1.27 bits per heavy atom. The van der Waals surface area contributed by atoms with Gasteiger partial charge in [0.15, 0.2) is 0 Å².